The summed E-state index contributed by atoms with van der Waals surface area (Å²) in [7, 11) is 0. The van der Waals surface area contributed by atoms with Crippen LogP contribution in [0.4, 0.5) is 0 Å². The number of ether oxygens (including phenoxy) is 1. The van der Waals surface area contributed by atoms with Gasteiger partial charge in [-0.05, 0) is 75.2 Å². The first-order valence-corrected chi connectivity index (χ1v) is 7.00. The molecule has 0 aliphatic heterocycles. The molecular weight excluding hydrogens is 212 g/mol. The summed E-state index contributed by atoms with van der Waals surface area (Å²) in [6, 6.07) is 0. The number of aliphatic hydroxyl groups is 1. The molecule has 0 spiro atoms. The molecule has 4 saturated carbocycles. The molecule has 0 amide bonds. The molecule has 0 aromatic carbocycles. The standard InChI is InChI=1S/C15H24O2/c1-9(2)14(16)17-15(3)12-5-10-4-11(7-12)8-13(15)6-10/h10-14,16H,1,4-8H2,2-3H3. The molecule has 1 atom stereocenters. The van der Waals surface area contributed by atoms with Gasteiger partial charge in [-0.2, -0.15) is 0 Å². The van der Waals surface area contributed by atoms with E-state index in [1.807, 2.05) is 6.92 Å². The molecule has 0 aromatic rings. The summed E-state index contributed by atoms with van der Waals surface area (Å²) < 4.78 is 6.03. The molecule has 0 aromatic heterocycles. The Hall–Kier alpha value is -0.340. The maximum Gasteiger partial charge on any atom is 0.177 e. The second-order valence-corrected chi connectivity index (χ2v) is 6.80. The molecule has 2 nitrogen and oxygen atoms in total. The van der Waals surface area contributed by atoms with Crippen molar-refractivity contribution in [2.24, 2.45) is 23.7 Å². The first-order chi connectivity index (χ1) is 7.99. The SMILES string of the molecule is C=C(C)C(O)OC1(C)C2CC3CC(C2)CC1C3. The Bertz CT molecular complexity index is 306. The van der Waals surface area contributed by atoms with E-state index < -0.39 is 6.29 Å². The van der Waals surface area contributed by atoms with Crippen LogP contribution in [0.2, 0.25) is 0 Å². The van der Waals surface area contributed by atoms with Crippen LogP contribution >= 0.6 is 0 Å². The van der Waals surface area contributed by atoms with Crippen LogP contribution in [0.25, 0.3) is 0 Å². The summed E-state index contributed by atoms with van der Waals surface area (Å²) in [6.07, 6.45) is 5.92. The topological polar surface area (TPSA) is 29.5 Å². The second kappa shape index (κ2) is 3.83. The van der Waals surface area contributed by atoms with Gasteiger partial charge in [0.15, 0.2) is 6.29 Å². The van der Waals surface area contributed by atoms with Crippen molar-refractivity contribution < 1.29 is 9.84 Å². The van der Waals surface area contributed by atoms with Crippen LogP contribution in [0.1, 0.15) is 46.0 Å². The van der Waals surface area contributed by atoms with Gasteiger partial charge >= 0.3 is 0 Å². The highest BCUT2D eigenvalue weighted by molar-refractivity contribution is 5.07. The monoisotopic (exact) mass is 236 g/mol. The minimum absolute atomic E-state index is 0.105. The van der Waals surface area contributed by atoms with E-state index in [1.54, 1.807) is 0 Å². The Morgan fingerprint density at radius 1 is 1.18 bits per heavy atom. The predicted molar refractivity (Wildman–Crippen MR) is 67.4 cm³/mol. The Morgan fingerprint density at radius 2 is 1.65 bits per heavy atom. The fraction of sp³-hybridized carbons (Fsp3) is 0.867. The maximum atomic E-state index is 9.95. The molecule has 4 rings (SSSR count). The summed E-state index contributed by atoms with van der Waals surface area (Å²) in [4.78, 5) is 0. The van der Waals surface area contributed by atoms with Gasteiger partial charge in [0.25, 0.3) is 0 Å². The van der Waals surface area contributed by atoms with E-state index in [1.165, 1.54) is 32.1 Å². The van der Waals surface area contributed by atoms with Crippen molar-refractivity contribution >= 4 is 0 Å². The van der Waals surface area contributed by atoms with E-state index in [9.17, 15) is 5.11 Å². The molecule has 4 aliphatic rings. The zero-order chi connectivity index (χ0) is 12.2. The summed E-state index contributed by atoms with van der Waals surface area (Å²) in [5, 5.41) is 9.95. The lowest BCUT2D eigenvalue weighted by molar-refractivity contribution is -0.249. The van der Waals surface area contributed by atoms with E-state index in [4.69, 9.17) is 4.74 Å². The fourth-order valence-electron chi connectivity index (χ4n) is 4.65. The van der Waals surface area contributed by atoms with Gasteiger partial charge in [-0.3, -0.25) is 0 Å². The van der Waals surface area contributed by atoms with Gasteiger partial charge in [0, 0.05) is 0 Å². The number of rotatable bonds is 3. The largest absolute Gasteiger partial charge is 0.364 e. The van der Waals surface area contributed by atoms with E-state index >= 15 is 0 Å². The average molecular weight is 236 g/mol. The van der Waals surface area contributed by atoms with Crippen LogP contribution in [-0.2, 0) is 4.74 Å². The number of hydrogen-bond acceptors (Lipinski definition) is 2. The lowest BCUT2D eigenvalue weighted by Crippen LogP contribution is -2.58. The molecule has 17 heavy (non-hydrogen) atoms. The molecule has 0 radical (unpaired) electrons. The van der Waals surface area contributed by atoms with Crippen LogP contribution in [0.3, 0.4) is 0 Å². The summed E-state index contributed by atoms with van der Waals surface area (Å²) in [6.45, 7) is 7.86. The van der Waals surface area contributed by atoms with Crippen molar-refractivity contribution in [2.45, 2.75) is 57.8 Å². The highest BCUT2D eigenvalue weighted by Crippen LogP contribution is 2.59. The molecule has 2 heteroatoms. The minimum Gasteiger partial charge on any atom is -0.364 e. The van der Waals surface area contributed by atoms with Crippen LogP contribution in [0.15, 0.2) is 12.2 Å². The fourth-order valence-corrected chi connectivity index (χ4v) is 4.65. The Balaban J connectivity index is 1.80. The van der Waals surface area contributed by atoms with E-state index in [2.05, 4.69) is 13.5 Å². The summed E-state index contributed by atoms with van der Waals surface area (Å²) in [5.74, 6) is 3.20. The molecule has 1 N–H and O–H groups in total. The summed E-state index contributed by atoms with van der Waals surface area (Å²) >= 11 is 0. The molecule has 4 aliphatic carbocycles. The highest BCUT2D eigenvalue weighted by Gasteiger charge is 2.56. The molecular formula is C15H24O2. The zero-order valence-corrected chi connectivity index (χ0v) is 11.0. The third-order valence-electron chi connectivity index (χ3n) is 5.55. The van der Waals surface area contributed by atoms with Gasteiger partial charge in [-0.1, -0.05) is 6.58 Å². The molecule has 0 heterocycles. The smallest absolute Gasteiger partial charge is 0.177 e. The van der Waals surface area contributed by atoms with Gasteiger partial charge < -0.3 is 9.84 Å². The van der Waals surface area contributed by atoms with Crippen molar-refractivity contribution in [1.29, 1.82) is 0 Å². The Labute approximate surface area is 104 Å². The van der Waals surface area contributed by atoms with E-state index in [0.29, 0.717) is 11.8 Å². The predicted octanol–water partition coefficient (Wildman–Crippen LogP) is 3.11. The van der Waals surface area contributed by atoms with Gasteiger partial charge in [0.1, 0.15) is 0 Å². The first-order valence-electron chi connectivity index (χ1n) is 7.00. The zero-order valence-electron chi connectivity index (χ0n) is 11.0. The van der Waals surface area contributed by atoms with Gasteiger partial charge in [-0.25, -0.2) is 0 Å². The third-order valence-corrected chi connectivity index (χ3v) is 5.55. The molecule has 0 saturated heterocycles. The first kappa shape index (κ1) is 11.7. The molecule has 4 fully saturated rings. The molecule has 1 unspecified atom stereocenters. The normalized spacial score (nSPS) is 49.4. The lowest BCUT2D eigenvalue weighted by atomic mass is 9.50. The number of aliphatic hydroxyl groups excluding tert-OH is 1. The molecule has 4 bridgehead atoms. The van der Waals surface area contributed by atoms with Crippen LogP contribution < -0.4 is 0 Å². The van der Waals surface area contributed by atoms with Crippen molar-refractivity contribution in [3.8, 4) is 0 Å². The van der Waals surface area contributed by atoms with Crippen LogP contribution in [0, 0.1) is 23.7 Å². The maximum absolute atomic E-state index is 9.95. The van der Waals surface area contributed by atoms with Crippen LogP contribution in [0.5, 0.6) is 0 Å². The van der Waals surface area contributed by atoms with Crippen molar-refractivity contribution in [1.82, 2.24) is 0 Å². The number of hydrogen-bond donors (Lipinski definition) is 1. The Kier molecular flexibility index (Phi) is 2.64. The van der Waals surface area contributed by atoms with Crippen molar-refractivity contribution in [3.63, 3.8) is 0 Å². The van der Waals surface area contributed by atoms with Gasteiger partial charge in [0.2, 0.25) is 0 Å². The van der Waals surface area contributed by atoms with E-state index in [0.717, 1.165) is 17.4 Å². The highest BCUT2D eigenvalue weighted by atomic mass is 16.6. The summed E-state index contributed by atoms with van der Waals surface area (Å²) in [5.41, 5.74) is 0.617. The van der Waals surface area contributed by atoms with E-state index in [-0.39, 0.29) is 5.60 Å². The van der Waals surface area contributed by atoms with Crippen molar-refractivity contribution in [3.05, 3.63) is 12.2 Å². The minimum atomic E-state index is -0.780. The van der Waals surface area contributed by atoms with Crippen LogP contribution in [-0.4, -0.2) is 17.0 Å². The second-order valence-electron chi connectivity index (χ2n) is 6.80. The Morgan fingerprint density at radius 3 is 2.06 bits per heavy atom. The lowest BCUT2D eigenvalue weighted by Gasteiger charge is -2.60. The molecule has 96 valence electrons. The third kappa shape index (κ3) is 1.77. The average Bonchev–Trinajstić information content (AvgIpc) is 2.25. The van der Waals surface area contributed by atoms with Gasteiger partial charge in [0.05, 0.1) is 5.60 Å². The van der Waals surface area contributed by atoms with Gasteiger partial charge in [-0.15, -0.1) is 0 Å². The quantitative estimate of drug-likeness (QED) is 0.602. The van der Waals surface area contributed by atoms with Crippen molar-refractivity contribution in [2.75, 3.05) is 0 Å².